The van der Waals surface area contributed by atoms with Gasteiger partial charge in [0.2, 0.25) is 0 Å². The van der Waals surface area contributed by atoms with Gasteiger partial charge in [-0.1, -0.05) is 31.2 Å². The van der Waals surface area contributed by atoms with Gasteiger partial charge >= 0.3 is 8.56 Å². The first-order valence-electron chi connectivity index (χ1n) is 4.86. The van der Waals surface area contributed by atoms with E-state index in [9.17, 15) is 0 Å². The van der Waals surface area contributed by atoms with Crippen molar-refractivity contribution in [3.8, 4) is 0 Å². The van der Waals surface area contributed by atoms with Crippen molar-refractivity contribution in [3.63, 3.8) is 0 Å². The van der Waals surface area contributed by atoms with Crippen molar-refractivity contribution in [3.05, 3.63) is 29.8 Å². The fourth-order valence-corrected chi connectivity index (χ4v) is 3.42. The van der Waals surface area contributed by atoms with Crippen molar-refractivity contribution in [1.29, 1.82) is 0 Å². The number of hydrogen-bond acceptors (Lipinski definition) is 2. The van der Waals surface area contributed by atoms with E-state index in [1.54, 1.807) is 14.2 Å². The molecule has 2 nitrogen and oxygen atoms in total. The van der Waals surface area contributed by atoms with Crippen LogP contribution in [0.4, 0.5) is 0 Å². The average molecular weight is 210 g/mol. The van der Waals surface area contributed by atoms with Crippen molar-refractivity contribution >= 4 is 13.7 Å². The molecule has 14 heavy (non-hydrogen) atoms. The second kappa shape index (κ2) is 4.73. The van der Waals surface area contributed by atoms with Crippen LogP contribution in [-0.4, -0.2) is 22.8 Å². The molecule has 0 heterocycles. The SMILES string of the molecule is CCc1ccccc1[Si](C)(OC)OC. The summed E-state index contributed by atoms with van der Waals surface area (Å²) in [7, 11) is 1.31. The molecule has 0 spiro atoms. The van der Waals surface area contributed by atoms with Gasteiger partial charge in [-0.3, -0.25) is 0 Å². The van der Waals surface area contributed by atoms with E-state index in [0.717, 1.165) is 6.42 Å². The first-order chi connectivity index (χ1) is 6.68. The normalized spacial score (nSPS) is 11.7. The molecule has 0 atom stereocenters. The Bertz CT molecular complexity index is 295. The molecule has 0 saturated carbocycles. The van der Waals surface area contributed by atoms with Crippen molar-refractivity contribution in [2.75, 3.05) is 14.2 Å². The van der Waals surface area contributed by atoms with Crippen LogP contribution in [0.2, 0.25) is 6.55 Å². The van der Waals surface area contributed by atoms with Gasteiger partial charge in [0.1, 0.15) is 0 Å². The van der Waals surface area contributed by atoms with Crippen LogP contribution < -0.4 is 5.19 Å². The van der Waals surface area contributed by atoms with Gasteiger partial charge in [0.25, 0.3) is 0 Å². The molecule has 1 aromatic carbocycles. The van der Waals surface area contributed by atoms with Crippen LogP contribution in [0.25, 0.3) is 0 Å². The standard InChI is InChI=1S/C11H18O2Si/c1-5-10-8-6-7-9-11(10)14(4,12-2)13-3/h6-9H,5H2,1-4H3. The Morgan fingerprint density at radius 3 is 2.21 bits per heavy atom. The molecule has 0 aliphatic heterocycles. The molecule has 0 N–H and O–H groups in total. The molecule has 3 heteroatoms. The van der Waals surface area contributed by atoms with Gasteiger partial charge in [0.15, 0.2) is 0 Å². The Morgan fingerprint density at radius 2 is 1.71 bits per heavy atom. The maximum absolute atomic E-state index is 5.53. The zero-order valence-corrected chi connectivity index (χ0v) is 10.3. The number of hydrogen-bond donors (Lipinski definition) is 0. The van der Waals surface area contributed by atoms with E-state index in [0.29, 0.717) is 0 Å². The molecular weight excluding hydrogens is 192 g/mol. The summed E-state index contributed by atoms with van der Waals surface area (Å²) in [5.41, 5.74) is 1.32. The van der Waals surface area contributed by atoms with Crippen molar-refractivity contribution in [2.45, 2.75) is 19.9 Å². The molecule has 1 aromatic rings. The summed E-state index contributed by atoms with van der Waals surface area (Å²) in [6.07, 6.45) is 1.02. The summed E-state index contributed by atoms with van der Waals surface area (Å²) >= 11 is 0. The Kier molecular flexibility index (Phi) is 3.86. The second-order valence-electron chi connectivity index (χ2n) is 3.36. The third-order valence-electron chi connectivity index (χ3n) is 2.67. The van der Waals surface area contributed by atoms with Crippen LogP contribution in [0.3, 0.4) is 0 Å². The summed E-state index contributed by atoms with van der Waals surface area (Å²) in [5.74, 6) is 0. The molecule has 0 radical (unpaired) electrons. The van der Waals surface area contributed by atoms with E-state index in [-0.39, 0.29) is 0 Å². The van der Waals surface area contributed by atoms with E-state index in [2.05, 4.69) is 31.7 Å². The lowest BCUT2D eigenvalue weighted by Gasteiger charge is -2.25. The highest BCUT2D eigenvalue weighted by molar-refractivity contribution is 6.80. The summed E-state index contributed by atoms with van der Waals surface area (Å²) in [6.45, 7) is 4.22. The van der Waals surface area contributed by atoms with E-state index in [4.69, 9.17) is 8.85 Å². The molecule has 0 fully saturated rings. The van der Waals surface area contributed by atoms with Gasteiger partial charge in [-0.25, -0.2) is 0 Å². The second-order valence-corrected chi connectivity index (χ2v) is 6.61. The molecule has 0 amide bonds. The van der Waals surface area contributed by atoms with Gasteiger partial charge in [0, 0.05) is 14.2 Å². The highest BCUT2D eigenvalue weighted by atomic mass is 28.4. The molecule has 0 bridgehead atoms. The Morgan fingerprint density at radius 1 is 1.14 bits per heavy atom. The summed E-state index contributed by atoms with van der Waals surface area (Å²) < 4.78 is 11.1. The average Bonchev–Trinajstić information content (AvgIpc) is 2.28. The minimum absolute atomic E-state index is 1.02. The van der Waals surface area contributed by atoms with Crippen LogP contribution >= 0.6 is 0 Å². The summed E-state index contributed by atoms with van der Waals surface area (Å²) in [4.78, 5) is 0. The van der Waals surface area contributed by atoms with Crippen LogP contribution in [-0.2, 0) is 15.3 Å². The predicted molar refractivity (Wildman–Crippen MR) is 61.1 cm³/mol. The van der Waals surface area contributed by atoms with Crippen LogP contribution in [0, 0.1) is 0 Å². The lowest BCUT2D eigenvalue weighted by atomic mass is 10.2. The van der Waals surface area contributed by atoms with Gasteiger partial charge in [-0.2, -0.15) is 0 Å². The Labute approximate surface area is 87.1 Å². The van der Waals surface area contributed by atoms with Gasteiger partial charge in [-0.15, -0.1) is 0 Å². The van der Waals surface area contributed by atoms with Crippen molar-refractivity contribution < 1.29 is 8.85 Å². The maximum atomic E-state index is 5.53. The molecule has 0 aromatic heterocycles. The quantitative estimate of drug-likeness (QED) is 0.706. The van der Waals surface area contributed by atoms with E-state index >= 15 is 0 Å². The molecule has 0 saturated heterocycles. The molecule has 1 rings (SSSR count). The van der Waals surface area contributed by atoms with Crippen LogP contribution in [0.1, 0.15) is 12.5 Å². The first kappa shape index (κ1) is 11.4. The number of rotatable bonds is 4. The van der Waals surface area contributed by atoms with Gasteiger partial charge < -0.3 is 8.85 Å². The Hall–Kier alpha value is -0.643. The van der Waals surface area contributed by atoms with Crippen LogP contribution in [0.5, 0.6) is 0 Å². The topological polar surface area (TPSA) is 18.5 Å². The zero-order chi connectivity index (χ0) is 10.6. The monoisotopic (exact) mass is 210 g/mol. The minimum Gasteiger partial charge on any atom is -0.394 e. The third kappa shape index (κ3) is 2.05. The van der Waals surface area contributed by atoms with Gasteiger partial charge in [0.05, 0.1) is 0 Å². The molecule has 0 aliphatic rings. The molecule has 0 aliphatic carbocycles. The van der Waals surface area contributed by atoms with E-state index < -0.39 is 8.56 Å². The number of aryl methyl sites for hydroxylation is 1. The smallest absolute Gasteiger partial charge is 0.369 e. The molecule has 0 unspecified atom stereocenters. The zero-order valence-electron chi connectivity index (χ0n) is 9.33. The molecule has 78 valence electrons. The van der Waals surface area contributed by atoms with E-state index in [1.165, 1.54) is 10.8 Å². The lowest BCUT2D eigenvalue weighted by molar-refractivity contribution is 0.265. The highest BCUT2D eigenvalue weighted by Gasteiger charge is 2.33. The van der Waals surface area contributed by atoms with Crippen molar-refractivity contribution in [1.82, 2.24) is 0 Å². The largest absolute Gasteiger partial charge is 0.394 e. The minimum atomic E-state index is -2.14. The first-order valence-corrected chi connectivity index (χ1v) is 7.18. The predicted octanol–water partition coefficient (Wildman–Crippen LogP) is 1.82. The third-order valence-corrected chi connectivity index (χ3v) is 5.69. The fourth-order valence-electron chi connectivity index (χ4n) is 1.57. The van der Waals surface area contributed by atoms with E-state index in [1.807, 2.05) is 6.07 Å². The van der Waals surface area contributed by atoms with Crippen LogP contribution in [0.15, 0.2) is 24.3 Å². The molecular formula is C11H18O2Si. The van der Waals surface area contributed by atoms with Gasteiger partial charge in [-0.05, 0) is 23.7 Å². The lowest BCUT2D eigenvalue weighted by Crippen LogP contribution is -2.50. The fraction of sp³-hybridized carbons (Fsp3) is 0.455. The number of benzene rings is 1. The summed E-state index contributed by atoms with van der Waals surface area (Å²) in [5, 5.41) is 1.24. The highest BCUT2D eigenvalue weighted by Crippen LogP contribution is 2.09. The maximum Gasteiger partial charge on any atom is 0.369 e. The Balaban J connectivity index is 3.15. The van der Waals surface area contributed by atoms with Crippen molar-refractivity contribution in [2.24, 2.45) is 0 Å². The summed E-state index contributed by atoms with van der Waals surface area (Å²) in [6, 6.07) is 8.34.